The lowest BCUT2D eigenvalue weighted by atomic mass is 9.64. The molecule has 1 saturated carbocycles. The van der Waals surface area contributed by atoms with Crippen molar-refractivity contribution in [3.8, 4) is 0 Å². The van der Waals surface area contributed by atoms with Gasteiger partial charge in [-0.25, -0.2) is 4.39 Å². The highest BCUT2D eigenvalue weighted by atomic mass is 19.1. The maximum absolute atomic E-state index is 13.5. The lowest BCUT2D eigenvalue weighted by Crippen LogP contribution is -2.40. The summed E-state index contributed by atoms with van der Waals surface area (Å²) in [6, 6.07) is 4.91. The summed E-state index contributed by atoms with van der Waals surface area (Å²) in [7, 11) is 0. The van der Waals surface area contributed by atoms with Gasteiger partial charge in [-0.3, -0.25) is 0 Å². The molecule has 1 aliphatic rings. The van der Waals surface area contributed by atoms with Crippen LogP contribution < -0.4 is 0 Å². The van der Waals surface area contributed by atoms with Crippen LogP contribution in [0, 0.1) is 24.1 Å². The van der Waals surface area contributed by atoms with E-state index >= 15 is 0 Å². The van der Waals surface area contributed by atoms with Crippen LogP contribution >= 0.6 is 0 Å². The lowest BCUT2D eigenvalue weighted by molar-refractivity contribution is -0.0637. The average Bonchev–Trinajstić information content (AvgIpc) is 2.11. The van der Waals surface area contributed by atoms with Gasteiger partial charge in [0.2, 0.25) is 0 Å². The smallest absolute Gasteiger partial charge is 0.123 e. The highest BCUT2D eigenvalue weighted by Crippen LogP contribution is 2.48. The number of hydrogen-bond donors (Lipinski definition) is 1. The van der Waals surface area contributed by atoms with Crippen LogP contribution in [0.15, 0.2) is 18.2 Å². The molecule has 2 heteroatoms. The van der Waals surface area contributed by atoms with Crippen molar-refractivity contribution >= 4 is 0 Å². The Morgan fingerprint density at radius 1 is 1.22 bits per heavy atom. The monoisotopic (exact) mass is 250 g/mol. The van der Waals surface area contributed by atoms with E-state index in [1.807, 2.05) is 13.0 Å². The van der Waals surface area contributed by atoms with Gasteiger partial charge >= 0.3 is 0 Å². The number of halogens is 1. The summed E-state index contributed by atoms with van der Waals surface area (Å²) in [4.78, 5) is 0. The second-order valence-corrected chi connectivity index (χ2v) is 6.90. The van der Waals surface area contributed by atoms with E-state index in [0.29, 0.717) is 12.3 Å². The van der Waals surface area contributed by atoms with E-state index in [9.17, 15) is 9.50 Å². The fourth-order valence-corrected chi connectivity index (χ4v) is 3.75. The fraction of sp³-hybridized carbons (Fsp3) is 0.625. The molecule has 2 unspecified atom stereocenters. The molecule has 0 aliphatic heterocycles. The lowest BCUT2D eigenvalue weighted by Gasteiger charge is -2.45. The molecule has 2 rings (SSSR count). The van der Waals surface area contributed by atoms with E-state index in [0.717, 1.165) is 24.0 Å². The van der Waals surface area contributed by atoms with Crippen LogP contribution in [-0.4, -0.2) is 5.11 Å². The van der Waals surface area contributed by atoms with Crippen LogP contribution in [-0.2, 0) is 5.60 Å². The Hall–Kier alpha value is -0.890. The average molecular weight is 250 g/mol. The standard InChI is InChI=1S/C16H23FO/c1-11-5-13(7-14(17)6-11)16(18)9-12(2)8-15(3,4)10-16/h5-7,12,18H,8-10H2,1-4H3. The van der Waals surface area contributed by atoms with Gasteiger partial charge in [0.15, 0.2) is 0 Å². The van der Waals surface area contributed by atoms with E-state index < -0.39 is 5.60 Å². The first-order valence-electron chi connectivity index (χ1n) is 6.70. The molecule has 1 aliphatic carbocycles. The molecule has 0 radical (unpaired) electrons. The molecule has 1 N–H and O–H groups in total. The maximum atomic E-state index is 13.5. The zero-order valence-corrected chi connectivity index (χ0v) is 11.8. The summed E-state index contributed by atoms with van der Waals surface area (Å²) in [6.45, 7) is 8.39. The third kappa shape index (κ3) is 2.74. The minimum absolute atomic E-state index is 0.104. The normalized spacial score (nSPS) is 31.3. The van der Waals surface area contributed by atoms with E-state index in [1.165, 1.54) is 12.1 Å². The number of aliphatic hydroxyl groups is 1. The molecule has 1 aromatic carbocycles. The largest absolute Gasteiger partial charge is 0.385 e. The van der Waals surface area contributed by atoms with Crippen LogP contribution in [0.4, 0.5) is 4.39 Å². The Kier molecular flexibility index (Phi) is 3.26. The predicted molar refractivity (Wildman–Crippen MR) is 71.8 cm³/mol. The Bertz CT molecular complexity index is 432. The Morgan fingerprint density at radius 3 is 2.44 bits per heavy atom. The molecule has 0 heterocycles. The van der Waals surface area contributed by atoms with Crippen molar-refractivity contribution in [2.45, 2.75) is 52.6 Å². The van der Waals surface area contributed by atoms with Gasteiger partial charge in [-0.05, 0) is 60.8 Å². The van der Waals surface area contributed by atoms with Gasteiger partial charge in [0.05, 0.1) is 5.60 Å². The highest BCUT2D eigenvalue weighted by Gasteiger charge is 2.42. The summed E-state index contributed by atoms with van der Waals surface area (Å²) in [6.07, 6.45) is 2.54. The van der Waals surface area contributed by atoms with E-state index in [-0.39, 0.29) is 11.2 Å². The molecule has 0 spiro atoms. The van der Waals surface area contributed by atoms with Crippen molar-refractivity contribution in [1.29, 1.82) is 0 Å². The van der Waals surface area contributed by atoms with Crippen molar-refractivity contribution in [3.63, 3.8) is 0 Å². The van der Waals surface area contributed by atoms with Crippen LogP contribution in [0.3, 0.4) is 0 Å². The zero-order chi connectivity index (χ0) is 13.6. The summed E-state index contributed by atoms with van der Waals surface area (Å²) >= 11 is 0. The first-order valence-corrected chi connectivity index (χ1v) is 6.70. The van der Waals surface area contributed by atoms with Gasteiger partial charge < -0.3 is 5.11 Å². The van der Waals surface area contributed by atoms with E-state index in [4.69, 9.17) is 0 Å². The SMILES string of the molecule is Cc1cc(F)cc(C2(O)CC(C)CC(C)(C)C2)c1. The minimum Gasteiger partial charge on any atom is -0.385 e. The Morgan fingerprint density at radius 2 is 1.89 bits per heavy atom. The van der Waals surface area contributed by atoms with E-state index in [2.05, 4.69) is 20.8 Å². The van der Waals surface area contributed by atoms with Crippen molar-refractivity contribution in [3.05, 3.63) is 35.1 Å². The van der Waals surface area contributed by atoms with Crippen molar-refractivity contribution < 1.29 is 9.50 Å². The van der Waals surface area contributed by atoms with Crippen molar-refractivity contribution in [2.24, 2.45) is 11.3 Å². The molecule has 1 nitrogen and oxygen atoms in total. The molecule has 0 bridgehead atoms. The molecule has 18 heavy (non-hydrogen) atoms. The molecule has 1 aromatic rings. The number of aryl methyl sites for hydroxylation is 1. The van der Waals surface area contributed by atoms with Crippen LogP contribution in [0.1, 0.15) is 51.2 Å². The molecule has 100 valence electrons. The number of benzene rings is 1. The third-order valence-corrected chi connectivity index (χ3v) is 3.94. The zero-order valence-electron chi connectivity index (χ0n) is 11.8. The van der Waals surface area contributed by atoms with E-state index in [1.54, 1.807) is 0 Å². The molecule has 2 atom stereocenters. The van der Waals surface area contributed by atoms with Gasteiger partial charge in [0.1, 0.15) is 5.82 Å². The molecule has 0 aromatic heterocycles. The van der Waals surface area contributed by atoms with Gasteiger partial charge in [0, 0.05) is 0 Å². The minimum atomic E-state index is -0.881. The summed E-state index contributed by atoms with van der Waals surface area (Å²) < 4.78 is 13.5. The first-order chi connectivity index (χ1) is 8.20. The second-order valence-electron chi connectivity index (χ2n) is 6.90. The number of rotatable bonds is 1. The van der Waals surface area contributed by atoms with Crippen LogP contribution in [0.25, 0.3) is 0 Å². The van der Waals surface area contributed by atoms with Crippen molar-refractivity contribution in [2.75, 3.05) is 0 Å². The number of hydrogen-bond acceptors (Lipinski definition) is 1. The van der Waals surface area contributed by atoms with Gasteiger partial charge in [-0.1, -0.05) is 26.8 Å². The maximum Gasteiger partial charge on any atom is 0.123 e. The molecular formula is C16H23FO. The first kappa shape index (κ1) is 13.5. The summed E-state index contributed by atoms with van der Waals surface area (Å²) in [5.74, 6) is 0.205. The Labute approximate surface area is 109 Å². The second kappa shape index (κ2) is 4.34. The fourth-order valence-electron chi connectivity index (χ4n) is 3.75. The third-order valence-electron chi connectivity index (χ3n) is 3.94. The molecule has 0 amide bonds. The summed E-state index contributed by atoms with van der Waals surface area (Å²) in [5, 5.41) is 10.9. The molecule has 0 saturated heterocycles. The highest BCUT2D eigenvalue weighted by molar-refractivity contribution is 5.29. The topological polar surface area (TPSA) is 20.2 Å². The van der Waals surface area contributed by atoms with Gasteiger partial charge in [-0.15, -0.1) is 0 Å². The predicted octanol–water partition coefficient (Wildman–Crippen LogP) is 4.17. The van der Waals surface area contributed by atoms with Crippen LogP contribution in [0.5, 0.6) is 0 Å². The van der Waals surface area contributed by atoms with Gasteiger partial charge in [0.25, 0.3) is 0 Å². The molecule has 1 fully saturated rings. The summed E-state index contributed by atoms with van der Waals surface area (Å²) in [5.41, 5.74) is 0.829. The Balaban J connectivity index is 2.40. The van der Waals surface area contributed by atoms with Gasteiger partial charge in [-0.2, -0.15) is 0 Å². The van der Waals surface area contributed by atoms with Crippen LogP contribution in [0.2, 0.25) is 0 Å². The quantitative estimate of drug-likeness (QED) is 0.793. The molecular weight excluding hydrogens is 227 g/mol. The van der Waals surface area contributed by atoms with Crippen molar-refractivity contribution in [1.82, 2.24) is 0 Å².